The lowest BCUT2D eigenvalue weighted by atomic mass is 10.1. The number of nitrogens with zero attached hydrogens (tertiary/aromatic N) is 1. The molecule has 0 aliphatic heterocycles. The van der Waals surface area contributed by atoms with Crippen molar-refractivity contribution < 1.29 is 4.79 Å². The molecular formula is C12H17BrN2O. The SMILES string of the molecule is CC1CCCC1NC(=O)c1cc(Br)cn1C. The topological polar surface area (TPSA) is 34.0 Å². The summed E-state index contributed by atoms with van der Waals surface area (Å²) in [5, 5.41) is 3.12. The standard InChI is InChI=1S/C12H17BrN2O/c1-8-4-3-5-10(8)14-12(16)11-6-9(13)7-15(11)2/h6-8,10H,3-5H2,1-2H3,(H,14,16). The first-order valence-corrected chi connectivity index (χ1v) is 6.50. The van der Waals surface area contributed by atoms with Crippen molar-refractivity contribution in [3.05, 3.63) is 22.4 Å². The number of hydrogen-bond donors (Lipinski definition) is 1. The molecule has 4 heteroatoms. The van der Waals surface area contributed by atoms with Crippen molar-refractivity contribution >= 4 is 21.8 Å². The van der Waals surface area contributed by atoms with Gasteiger partial charge in [0.05, 0.1) is 0 Å². The van der Waals surface area contributed by atoms with E-state index < -0.39 is 0 Å². The Hall–Kier alpha value is -0.770. The Morgan fingerprint density at radius 2 is 2.31 bits per heavy atom. The van der Waals surface area contributed by atoms with Crippen LogP contribution in [0.5, 0.6) is 0 Å². The number of nitrogens with one attached hydrogen (secondary N) is 1. The van der Waals surface area contributed by atoms with Gasteiger partial charge in [0.2, 0.25) is 0 Å². The molecular weight excluding hydrogens is 268 g/mol. The summed E-state index contributed by atoms with van der Waals surface area (Å²) in [4.78, 5) is 12.0. The molecule has 16 heavy (non-hydrogen) atoms. The van der Waals surface area contributed by atoms with Crippen molar-refractivity contribution in [1.82, 2.24) is 9.88 Å². The molecule has 3 nitrogen and oxygen atoms in total. The largest absolute Gasteiger partial charge is 0.348 e. The van der Waals surface area contributed by atoms with Crippen molar-refractivity contribution in [2.75, 3.05) is 0 Å². The van der Waals surface area contributed by atoms with Crippen LogP contribution in [-0.4, -0.2) is 16.5 Å². The molecule has 2 unspecified atom stereocenters. The Morgan fingerprint density at radius 3 is 2.81 bits per heavy atom. The second-order valence-electron chi connectivity index (χ2n) is 4.64. The highest BCUT2D eigenvalue weighted by Crippen LogP contribution is 2.25. The quantitative estimate of drug-likeness (QED) is 0.890. The molecule has 1 fully saturated rings. The van der Waals surface area contributed by atoms with Crippen molar-refractivity contribution in [3.8, 4) is 0 Å². The monoisotopic (exact) mass is 284 g/mol. The molecule has 0 spiro atoms. The van der Waals surface area contributed by atoms with Gasteiger partial charge in [-0.25, -0.2) is 0 Å². The predicted molar refractivity (Wildman–Crippen MR) is 67.4 cm³/mol. The fourth-order valence-corrected chi connectivity index (χ4v) is 2.88. The Bertz CT molecular complexity index is 400. The molecule has 0 radical (unpaired) electrons. The minimum atomic E-state index is 0.0342. The van der Waals surface area contributed by atoms with Gasteiger partial charge < -0.3 is 9.88 Å². The van der Waals surface area contributed by atoms with Crippen LogP contribution in [0.1, 0.15) is 36.7 Å². The summed E-state index contributed by atoms with van der Waals surface area (Å²) in [6.45, 7) is 2.21. The zero-order chi connectivity index (χ0) is 11.7. The highest BCUT2D eigenvalue weighted by molar-refractivity contribution is 9.10. The van der Waals surface area contributed by atoms with Crippen LogP contribution < -0.4 is 5.32 Å². The van der Waals surface area contributed by atoms with Gasteiger partial charge in [-0.2, -0.15) is 0 Å². The number of rotatable bonds is 2. The molecule has 1 aliphatic carbocycles. The Labute approximate surface area is 104 Å². The summed E-state index contributed by atoms with van der Waals surface area (Å²) in [6, 6.07) is 2.20. The predicted octanol–water partition coefficient (Wildman–Crippen LogP) is 2.71. The van der Waals surface area contributed by atoms with Crippen molar-refractivity contribution in [2.45, 2.75) is 32.2 Å². The highest BCUT2D eigenvalue weighted by Gasteiger charge is 2.25. The number of carbonyl (C=O) groups is 1. The van der Waals surface area contributed by atoms with Gasteiger partial charge in [0.1, 0.15) is 5.69 Å². The fourth-order valence-electron chi connectivity index (χ4n) is 2.35. The molecule has 1 heterocycles. The molecule has 2 atom stereocenters. The summed E-state index contributed by atoms with van der Waals surface area (Å²) in [5.74, 6) is 0.639. The van der Waals surface area contributed by atoms with Crippen LogP contribution in [0.3, 0.4) is 0 Å². The van der Waals surface area contributed by atoms with E-state index in [1.165, 1.54) is 12.8 Å². The molecule has 1 saturated carbocycles. The number of halogens is 1. The van der Waals surface area contributed by atoms with E-state index in [1.54, 1.807) is 0 Å². The molecule has 1 amide bonds. The Balaban J connectivity index is 2.05. The minimum Gasteiger partial charge on any atom is -0.348 e. The number of aryl methyl sites for hydroxylation is 1. The van der Waals surface area contributed by atoms with Gasteiger partial charge in [-0.15, -0.1) is 0 Å². The third-order valence-electron chi connectivity index (χ3n) is 3.38. The second-order valence-corrected chi connectivity index (χ2v) is 5.56. The van der Waals surface area contributed by atoms with Crippen LogP contribution in [0.25, 0.3) is 0 Å². The minimum absolute atomic E-state index is 0.0342. The number of amides is 1. The number of hydrogen-bond acceptors (Lipinski definition) is 1. The third kappa shape index (κ3) is 2.32. The van der Waals surface area contributed by atoms with E-state index in [9.17, 15) is 4.79 Å². The van der Waals surface area contributed by atoms with Crippen molar-refractivity contribution in [1.29, 1.82) is 0 Å². The molecule has 0 bridgehead atoms. The lowest BCUT2D eigenvalue weighted by Gasteiger charge is -2.17. The normalized spacial score (nSPS) is 24.7. The molecule has 0 saturated heterocycles. The van der Waals surface area contributed by atoms with Crippen LogP contribution in [0.15, 0.2) is 16.7 Å². The van der Waals surface area contributed by atoms with E-state index in [2.05, 4.69) is 28.2 Å². The van der Waals surface area contributed by atoms with Gasteiger partial charge in [0.15, 0.2) is 0 Å². The van der Waals surface area contributed by atoms with Crippen molar-refractivity contribution in [3.63, 3.8) is 0 Å². The number of aromatic nitrogens is 1. The van der Waals surface area contributed by atoms with Crippen LogP contribution in [0.2, 0.25) is 0 Å². The van der Waals surface area contributed by atoms with Gasteiger partial charge in [-0.3, -0.25) is 4.79 Å². The molecule has 2 rings (SSSR count). The zero-order valence-electron chi connectivity index (χ0n) is 9.66. The fraction of sp³-hybridized carbons (Fsp3) is 0.583. The van der Waals surface area contributed by atoms with E-state index in [1.807, 2.05) is 23.9 Å². The average Bonchev–Trinajstić information content (AvgIpc) is 2.74. The van der Waals surface area contributed by atoms with E-state index >= 15 is 0 Å². The average molecular weight is 285 g/mol. The first-order chi connectivity index (χ1) is 7.58. The maximum atomic E-state index is 12.0. The van der Waals surface area contributed by atoms with E-state index in [4.69, 9.17) is 0 Å². The van der Waals surface area contributed by atoms with E-state index in [0.717, 1.165) is 10.9 Å². The van der Waals surface area contributed by atoms with Crippen LogP contribution in [-0.2, 0) is 7.05 Å². The van der Waals surface area contributed by atoms with Gasteiger partial charge in [0, 0.05) is 23.8 Å². The van der Waals surface area contributed by atoms with Crippen LogP contribution >= 0.6 is 15.9 Å². The molecule has 1 aromatic rings. The lowest BCUT2D eigenvalue weighted by Crippen LogP contribution is -2.37. The van der Waals surface area contributed by atoms with Crippen LogP contribution in [0.4, 0.5) is 0 Å². The number of carbonyl (C=O) groups excluding carboxylic acids is 1. The highest BCUT2D eigenvalue weighted by atomic mass is 79.9. The first kappa shape index (κ1) is 11.7. The van der Waals surface area contributed by atoms with Gasteiger partial charge in [-0.1, -0.05) is 13.3 Å². The Kier molecular flexibility index (Phi) is 3.38. The first-order valence-electron chi connectivity index (χ1n) is 5.70. The van der Waals surface area contributed by atoms with E-state index in [0.29, 0.717) is 17.7 Å². The molecule has 1 aliphatic rings. The summed E-state index contributed by atoms with van der Waals surface area (Å²) >= 11 is 3.38. The Morgan fingerprint density at radius 1 is 1.56 bits per heavy atom. The maximum absolute atomic E-state index is 12.0. The third-order valence-corrected chi connectivity index (χ3v) is 3.82. The van der Waals surface area contributed by atoms with E-state index in [-0.39, 0.29) is 5.91 Å². The summed E-state index contributed by atoms with van der Waals surface area (Å²) in [5.41, 5.74) is 0.714. The smallest absolute Gasteiger partial charge is 0.268 e. The zero-order valence-corrected chi connectivity index (χ0v) is 11.3. The molecule has 1 aromatic heterocycles. The van der Waals surface area contributed by atoms with Gasteiger partial charge >= 0.3 is 0 Å². The molecule has 1 N–H and O–H groups in total. The summed E-state index contributed by atoms with van der Waals surface area (Å²) in [6.07, 6.45) is 5.45. The van der Waals surface area contributed by atoms with Crippen molar-refractivity contribution in [2.24, 2.45) is 13.0 Å². The van der Waals surface area contributed by atoms with Crippen LogP contribution in [0, 0.1) is 5.92 Å². The van der Waals surface area contributed by atoms with Gasteiger partial charge in [0.25, 0.3) is 5.91 Å². The summed E-state index contributed by atoms with van der Waals surface area (Å²) < 4.78 is 2.79. The lowest BCUT2D eigenvalue weighted by molar-refractivity contribution is 0.0921. The summed E-state index contributed by atoms with van der Waals surface area (Å²) in [7, 11) is 1.89. The van der Waals surface area contributed by atoms with Gasteiger partial charge in [-0.05, 0) is 40.8 Å². The molecule has 88 valence electrons. The second kappa shape index (κ2) is 4.62. The maximum Gasteiger partial charge on any atom is 0.268 e. The molecule has 0 aromatic carbocycles.